The Bertz CT molecular complexity index is 1010. The number of nitrogens with one attached hydrogen (secondary N) is 2. The number of hydrogen-bond donors (Lipinski definition) is 2. The van der Waals surface area contributed by atoms with Gasteiger partial charge in [-0.25, -0.2) is 4.79 Å². The van der Waals surface area contributed by atoms with Crippen LogP contribution in [0.15, 0.2) is 60.8 Å². The van der Waals surface area contributed by atoms with Crippen molar-refractivity contribution in [1.29, 1.82) is 0 Å². The number of carbonyl (C=O) groups excluding carboxylic acids is 2. The van der Waals surface area contributed by atoms with Gasteiger partial charge < -0.3 is 19.8 Å². The van der Waals surface area contributed by atoms with Gasteiger partial charge in [-0.3, -0.25) is 4.79 Å². The fraction of sp³-hybridized carbons (Fsp3) is 0.217. The van der Waals surface area contributed by atoms with Crippen molar-refractivity contribution in [2.75, 3.05) is 13.7 Å². The molecule has 0 saturated carbocycles. The lowest BCUT2D eigenvalue weighted by Crippen LogP contribution is -2.42. The molecule has 1 heterocycles. The minimum absolute atomic E-state index is 0.333. The Morgan fingerprint density at radius 2 is 1.90 bits per heavy atom. The van der Waals surface area contributed by atoms with Gasteiger partial charge in [-0.2, -0.15) is 0 Å². The highest BCUT2D eigenvalue weighted by molar-refractivity contribution is 5.95. The van der Waals surface area contributed by atoms with Crippen LogP contribution in [0.5, 0.6) is 5.75 Å². The molecule has 1 unspecified atom stereocenters. The lowest BCUT2D eigenvalue weighted by Gasteiger charge is -2.15. The Kier molecular flexibility index (Phi) is 6.68. The molecule has 0 aliphatic carbocycles. The number of carbonyl (C=O) groups is 2. The van der Waals surface area contributed by atoms with Crippen LogP contribution in [0.4, 0.5) is 0 Å². The molecule has 0 bridgehead atoms. The monoisotopic (exact) mass is 392 g/mol. The quantitative estimate of drug-likeness (QED) is 0.454. The Balaban J connectivity index is 1.68. The number of amides is 1. The van der Waals surface area contributed by atoms with Crippen LogP contribution in [0.3, 0.4) is 0 Å². The molecule has 3 aromatic rings. The minimum Gasteiger partial charge on any atom is -0.494 e. The van der Waals surface area contributed by atoms with E-state index in [-0.39, 0.29) is 5.91 Å². The van der Waals surface area contributed by atoms with Crippen LogP contribution in [0.2, 0.25) is 0 Å². The van der Waals surface area contributed by atoms with E-state index >= 15 is 0 Å². The van der Waals surface area contributed by atoms with Crippen LogP contribution in [0.1, 0.15) is 18.1 Å². The van der Waals surface area contributed by atoms with E-state index in [1.807, 2.05) is 61.7 Å². The second-order valence-electron chi connectivity index (χ2n) is 6.48. The Morgan fingerprint density at radius 3 is 2.62 bits per heavy atom. The third-order valence-electron chi connectivity index (χ3n) is 4.52. The predicted molar refractivity (Wildman–Crippen MR) is 113 cm³/mol. The summed E-state index contributed by atoms with van der Waals surface area (Å²) in [4.78, 5) is 27.7. The first-order valence-corrected chi connectivity index (χ1v) is 9.45. The zero-order chi connectivity index (χ0) is 20.6. The van der Waals surface area contributed by atoms with Gasteiger partial charge in [0.15, 0.2) is 0 Å². The average Bonchev–Trinajstić information content (AvgIpc) is 3.15. The summed E-state index contributed by atoms with van der Waals surface area (Å²) < 4.78 is 10.3. The van der Waals surface area contributed by atoms with E-state index in [9.17, 15) is 9.59 Å². The molecule has 6 heteroatoms. The molecule has 3 rings (SSSR count). The lowest BCUT2D eigenvalue weighted by molar-refractivity contribution is -0.144. The van der Waals surface area contributed by atoms with E-state index in [4.69, 9.17) is 9.47 Å². The lowest BCUT2D eigenvalue weighted by atomic mass is 10.0. The van der Waals surface area contributed by atoms with Gasteiger partial charge in [0, 0.05) is 29.6 Å². The molecule has 0 aliphatic rings. The number of H-pyrrole nitrogens is 1. The fourth-order valence-electron chi connectivity index (χ4n) is 3.09. The topological polar surface area (TPSA) is 80.4 Å². The summed E-state index contributed by atoms with van der Waals surface area (Å²) >= 11 is 0. The predicted octanol–water partition coefficient (Wildman–Crippen LogP) is 3.48. The zero-order valence-electron chi connectivity index (χ0n) is 16.5. The van der Waals surface area contributed by atoms with Gasteiger partial charge in [-0.1, -0.05) is 30.3 Å². The first kappa shape index (κ1) is 20.2. The Morgan fingerprint density at radius 1 is 1.14 bits per heavy atom. The number of methoxy groups -OCH3 is 1. The molecule has 150 valence electrons. The first-order valence-electron chi connectivity index (χ1n) is 9.45. The average molecular weight is 392 g/mol. The molecule has 1 amide bonds. The Hall–Kier alpha value is -3.54. The second kappa shape index (κ2) is 9.59. The highest BCUT2D eigenvalue weighted by Crippen LogP contribution is 2.19. The standard InChI is InChI=1S/C23H24N2O4/c1-3-29-18-11-8-16(9-12-18)10-13-22(26)25-21(23(27)28-2)14-17-15-24-20-7-5-4-6-19(17)20/h4-13,15,21,24H,3,14H2,1-2H3,(H,25,26). The minimum atomic E-state index is -0.781. The van der Waals surface area contributed by atoms with Gasteiger partial charge >= 0.3 is 5.97 Å². The molecule has 0 aliphatic heterocycles. The maximum absolute atomic E-state index is 12.4. The van der Waals surface area contributed by atoms with E-state index < -0.39 is 12.0 Å². The van der Waals surface area contributed by atoms with Crippen LogP contribution in [-0.4, -0.2) is 36.6 Å². The van der Waals surface area contributed by atoms with E-state index in [0.717, 1.165) is 27.8 Å². The normalized spacial score (nSPS) is 12.1. The van der Waals surface area contributed by atoms with Gasteiger partial charge in [0.25, 0.3) is 0 Å². The van der Waals surface area contributed by atoms with Crippen LogP contribution in [0, 0.1) is 0 Å². The third kappa shape index (κ3) is 5.25. The molecule has 6 nitrogen and oxygen atoms in total. The highest BCUT2D eigenvalue weighted by Gasteiger charge is 2.22. The number of para-hydroxylation sites is 1. The smallest absolute Gasteiger partial charge is 0.328 e. The van der Waals surface area contributed by atoms with E-state index in [0.29, 0.717) is 13.0 Å². The van der Waals surface area contributed by atoms with Crippen molar-refractivity contribution in [3.05, 3.63) is 71.9 Å². The second-order valence-corrected chi connectivity index (χ2v) is 6.48. The Labute approximate surface area is 169 Å². The molecular formula is C23H24N2O4. The van der Waals surface area contributed by atoms with Gasteiger partial charge in [0.2, 0.25) is 5.91 Å². The molecule has 0 spiro atoms. The summed E-state index contributed by atoms with van der Waals surface area (Å²) in [7, 11) is 1.31. The molecule has 0 saturated heterocycles. The van der Waals surface area contributed by atoms with Crippen LogP contribution >= 0.6 is 0 Å². The van der Waals surface area contributed by atoms with Crippen molar-refractivity contribution in [2.24, 2.45) is 0 Å². The van der Waals surface area contributed by atoms with Crippen LogP contribution in [0.25, 0.3) is 17.0 Å². The third-order valence-corrected chi connectivity index (χ3v) is 4.52. The zero-order valence-corrected chi connectivity index (χ0v) is 16.5. The molecule has 2 aromatic carbocycles. The van der Waals surface area contributed by atoms with E-state index in [1.54, 1.807) is 6.08 Å². The van der Waals surface area contributed by atoms with Gasteiger partial charge in [0.05, 0.1) is 13.7 Å². The molecule has 2 N–H and O–H groups in total. The molecule has 0 radical (unpaired) electrons. The van der Waals surface area contributed by atoms with Crippen LogP contribution in [-0.2, 0) is 20.7 Å². The number of esters is 1. The van der Waals surface area contributed by atoms with E-state index in [1.165, 1.54) is 13.2 Å². The highest BCUT2D eigenvalue weighted by atomic mass is 16.5. The molecule has 29 heavy (non-hydrogen) atoms. The number of ether oxygens (including phenoxy) is 2. The molecule has 1 atom stereocenters. The maximum atomic E-state index is 12.4. The number of aromatic nitrogens is 1. The van der Waals surface area contributed by atoms with Crippen molar-refractivity contribution in [2.45, 2.75) is 19.4 Å². The summed E-state index contributed by atoms with van der Waals surface area (Å²) in [5.41, 5.74) is 2.77. The van der Waals surface area contributed by atoms with Gasteiger partial charge in [0.1, 0.15) is 11.8 Å². The van der Waals surface area contributed by atoms with Crippen molar-refractivity contribution in [1.82, 2.24) is 10.3 Å². The molecular weight excluding hydrogens is 368 g/mol. The fourth-order valence-corrected chi connectivity index (χ4v) is 3.09. The van der Waals surface area contributed by atoms with E-state index in [2.05, 4.69) is 10.3 Å². The van der Waals surface area contributed by atoms with Crippen molar-refractivity contribution in [3.8, 4) is 5.75 Å². The SMILES string of the molecule is CCOc1ccc(C=CC(=O)NC(Cc2c[nH]c3ccccc23)C(=O)OC)cc1. The van der Waals surface area contributed by atoms with Gasteiger partial charge in [-0.05, 0) is 42.3 Å². The summed E-state index contributed by atoms with van der Waals surface area (Å²) in [6, 6.07) is 14.4. The number of aromatic amines is 1. The maximum Gasteiger partial charge on any atom is 0.328 e. The van der Waals surface area contributed by atoms with Crippen molar-refractivity contribution < 1.29 is 19.1 Å². The number of hydrogen-bond acceptors (Lipinski definition) is 4. The van der Waals surface area contributed by atoms with Crippen molar-refractivity contribution >= 4 is 28.9 Å². The summed E-state index contributed by atoms with van der Waals surface area (Å²) in [5, 5.41) is 3.75. The summed E-state index contributed by atoms with van der Waals surface area (Å²) in [5.74, 6) is -0.0780. The number of fused-ring (bicyclic) bond motifs is 1. The van der Waals surface area contributed by atoms with Crippen LogP contribution < -0.4 is 10.1 Å². The largest absolute Gasteiger partial charge is 0.494 e. The number of rotatable bonds is 8. The first-order chi connectivity index (χ1) is 14.1. The van der Waals surface area contributed by atoms with Gasteiger partial charge in [-0.15, -0.1) is 0 Å². The molecule has 1 aromatic heterocycles. The van der Waals surface area contributed by atoms with Crippen molar-refractivity contribution in [3.63, 3.8) is 0 Å². The molecule has 0 fully saturated rings. The number of benzene rings is 2. The summed E-state index contributed by atoms with van der Waals surface area (Å²) in [6.07, 6.45) is 5.27. The summed E-state index contributed by atoms with van der Waals surface area (Å²) in [6.45, 7) is 2.52.